The third-order valence-electron chi connectivity index (χ3n) is 10.0. The number of nitrogens with zero attached hydrogens (tertiary/aromatic N) is 1. The van der Waals surface area contributed by atoms with E-state index in [9.17, 15) is 0 Å². The molecule has 10 aromatic rings. The molecule has 0 saturated carbocycles. The molecule has 0 amide bonds. The van der Waals surface area contributed by atoms with E-state index in [1.165, 1.54) is 38.1 Å². The molecule has 0 unspecified atom stereocenters. The number of fused-ring (bicyclic) bond motifs is 7. The summed E-state index contributed by atoms with van der Waals surface area (Å²) < 4.78 is 6.55. The van der Waals surface area contributed by atoms with Crippen LogP contribution < -0.4 is 4.90 Å². The summed E-state index contributed by atoms with van der Waals surface area (Å²) in [7, 11) is 0. The minimum atomic E-state index is 0.898. The Bertz CT molecular complexity index is 2870. The van der Waals surface area contributed by atoms with Crippen molar-refractivity contribution >= 4 is 71.3 Å². The normalized spacial score (nSPS) is 11.6. The summed E-state index contributed by atoms with van der Waals surface area (Å²) in [6.07, 6.45) is 0. The van der Waals surface area contributed by atoms with Crippen LogP contribution >= 0.6 is 0 Å². The van der Waals surface area contributed by atoms with Crippen LogP contribution in [0.15, 0.2) is 192 Å². The van der Waals surface area contributed by atoms with E-state index in [4.69, 9.17) is 4.42 Å². The Kier molecular flexibility index (Phi) is 6.53. The Labute approximate surface area is 290 Å². The molecule has 0 saturated heterocycles. The monoisotopic (exact) mass is 637 g/mol. The van der Waals surface area contributed by atoms with Crippen LogP contribution in [-0.4, -0.2) is 0 Å². The summed E-state index contributed by atoms with van der Waals surface area (Å²) >= 11 is 0. The number of rotatable bonds is 5. The Morgan fingerprint density at radius 3 is 1.82 bits per heavy atom. The minimum Gasteiger partial charge on any atom is -0.455 e. The SMILES string of the molecule is c1cc(-c2cccc3oc4c5ccccc5ccc4c23)cc(N(c2ccc(-c3cccc4ccccc34)cc2)c2ccc3ccccc3c2)c1. The molecule has 9 aromatic carbocycles. The van der Waals surface area contributed by atoms with Gasteiger partial charge in [0.2, 0.25) is 0 Å². The van der Waals surface area contributed by atoms with Gasteiger partial charge in [-0.2, -0.15) is 0 Å². The molecule has 0 aliphatic heterocycles. The highest BCUT2D eigenvalue weighted by Gasteiger charge is 2.18. The van der Waals surface area contributed by atoms with Crippen molar-refractivity contribution in [3.05, 3.63) is 188 Å². The van der Waals surface area contributed by atoms with Gasteiger partial charge in [-0.05, 0) is 97.7 Å². The number of benzene rings is 9. The van der Waals surface area contributed by atoms with Crippen LogP contribution in [0, 0.1) is 0 Å². The average Bonchev–Trinajstić information content (AvgIpc) is 3.58. The van der Waals surface area contributed by atoms with E-state index in [2.05, 4.69) is 193 Å². The van der Waals surface area contributed by atoms with Gasteiger partial charge in [-0.3, -0.25) is 0 Å². The second-order valence-electron chi connectivity index (χ2n) is 12.9. The highest BCUT2D eigenvalue weighted by atomic mass is 16.3. The molecule has 234 valence electrons. The fourth-order valence-corrected chi connectivity index (χ4v) is 7.64. The molecule has 0 spiro atoms. The molecule has 2 heteroatoms. The summed E-state index contributed by atoms with van der Waals surface area (Å²) in [5, 5.41) is 9.53. The molecule has 0 radical (unpaired) electrons. The van der Waals surface area contributed by atoms with Crippen LogP contribution in [0.5, 0.6) is 0 Å². The third kappa shape index (κ3) is 4.65. The lowest BCUT2D eigenvalue weighted by Crippen LogP contribution is -2.10. The van der Waals surface area contributed by atoms with E-state index in [0.717, 1.165) is 55.5 Å². The number of hydrogen-bond donors (Lipinski definition) is 0. The highest BCUT2D eigenvalue weighted by molar-refractivity contribution is 6.19. The molecule has 0 bridgehead atoms. The van der Waals surface area contributed by atoms with E-state index in [0.29, 0.717) is 0 Å². The number of anilines is 3. The number of hydrogen-bond acceptors (Lipinski definition) is 2. The van der Waals surface area contributed by atoms with Crippen molar-refractivity contribution in [2.24, 2.45) is 0 Å². The zero-order chi connectivity index (χ0) is 33.0. The van der Waals surface area contributed by atoms with E-state index in [1.54, 1.807) is 0 Å². The quantitative estimate of drug-likeness (QED) is 0.187. The van der Waals surface area contributed by atoms with Crippen LogP contribution in [0.3, 0.4) is 0 Å². The Morgan fingerprint density at radius 1 is 0.340 bits per heavy atom. The summed E-state index contributed by atoms with van der Waals surface area (Å²) in [6.45, 7) is 0. The first-order valence-corrected chi connectivity index (χ1v) is 17.1. The molecule has 0 atom stereocenters. The summed E-state index contributed by atoms with van der Waals surface area (Å²) in [6, 6.07) is 67.5. The van der Waals surface area contributed by atoms with Gasteiger partial charge in [-0.25, -0.2) is 0 Å². The minimum absolute atomic E-state index is 0.898. The van der Waals surface area contributed by atoms with Crippen LogP contribution in [0.4, 0.5) is 17.1 Å². The first kappa shape index (κ1) is 28.4. The van der Waals surface area contributed by atoms with Gasteiger partial charge >= 0.3 is 0 Å². The van der Waals surface area contributed by atoms with Crippen molar-refractivity contribution in [2.75, 3.05) is 4.90 Å². The van der Waals surface area contributed by atoms with Crippen LogP contribution in [-0.2, 0) is 0 Å². The van der Waals surface area contributed by atoms with Crippen molar-refractivity contribution in [1.29, 1.82) is 0 Å². The zero-order valence-electron chi connectivity index (χ0n) is 27.3. The van der Waals surface area contributed by atoms with Gasteiger partial charge in [0.05, 0.1) is 0 Å². The zero-order valence-corrected chi connectivity index (χ0v) is 27.3. The fraction of sp³-hybridized carbons (Fsp3) is 0. The lowest BCUT2D eigenvalue weighted by Gasteiger charge is -2.26. The Balaban J connectivity index is 1.13. The largest absolute Gasteiger partial charge is 0.455 e. The van der Waals surface area contributed by atoms with E-state index >= 15 is 0 Å². The third-order valence-corrected chi connectivity index (χ3v) is 10.0. The fourth-order valence-electron chi connectivity index (χ4n) is 7.64. The van der Waals surface area contributed by atoms with Crippen molar-refractivity contribution < 1.29 is 4.42 Å². The molecule has 0 aliphatic rings. The standard InChI is InChI=1S/C48H31NO/c1-2-13-36-30-40(28-22-32(36)10-1)49(38-26-23-35(24-27-38)42-19-8-14-33-11-3-5-17-41(33)42)39-16-7-15-37(31-39)43-20-9-21-46-47(43)45-29-25-34-12-4-6-18-44(34)48(45)50-46/h1-31H. The van der Waals surface area contributed by atoms with E-state index in [1.807, 2.05) is 0 Å². The maximum absolute atomic E-state index is 6.55. The van der Waals surface area contributed by atoms with Gasteiger partial charge in [-0.1, -0.05) is 140 Å². The Morgan fingerprint density at radius 2 is 0.960 bits per heavy atom. The highest BCUT2D eigenvalue weighted by Crippen LogP contribution is 2.43. The summed E-state index contributed by atoms with van der Waals surface area (Å²) in [5.74, 6) is 0. The van der Waals surface area contributed by atoms with Crippen molar-refractivity contribution in [2.45, 2.75) is 0 Å². The van der Waals surface area contributed by atoms with Gasteiger partial charge < -0.3 is 9.32 Å². The van der Waals surface area contributed by atoms with Gasteiger partial charge in [0, 0.05) is 33.2 Å². The van der Waals surface area contributed by atoms with Crippen molar-refractivity contribution in [1.82, 2.24) is 0 Å². The summed E-state index contributed by atoms with van der Waals surface area (Å²) in [4.78, 5) is 2.37. The average molecular weight is 638 g/mol. The maximum atomic E-state index is 6.55. The molecule has 0 N–H and O–H groups in total. The predicted octanol–water partition coefficient (Wildman–Crippen LogP) is 13.8. The molecule has 10 rings (SSSR count). The predicted molar refractivity (Wildman–Crippen MR) is 212 cm³/mol. The van der Waals surface area contributed by atoms with Crippen molar-refractivity contribution in [3.63, 3.8) is 0 Å². The molecule has 2 nitrogen and oxygen atoms in total. The van der Waals surface area contributed by atoms with Gasteiger partial charge in [0.25, 0.3) is 0 Å². The van der Waals surface area contributed by atoms with Gasteiger partial charge in [0.15, 0.2) is 0 Å². The maximum Gasteiger partial charge on any atom is 0.143 e. The second-order valence-corrected chi connectivity index (χ2v) is 12.9. The first-order valence-electron chi connectivity index (χ1n) is 17.1. The number of furan rings is 1. The van der Waals surface area contributed by atoms with E-state index < -0.39 is 0 Å². The van der Waals surface area contributed by atoms with Crippen molar-refractivity contribution in [3.8, 4) is 22.3 Å². The van der Waals surface area contributed by atoms with Crippen LogP contribution in [0.2, 0.25) is 0 Å². The second kappa shape index (κ2) is 11.5. The van der Waals surface area contributed by atoms with Crippen LogP contribution in [0.25, 0.3) is 76.5 Å². The lowest BCUT2D eigenvalue weighted by molar-refractivity contribution is 0.673. The molecular formula is C48H31NO. The first-order chi connectivity index (χ1) is 24.8. The topological polar surface area (TPSA) is 16.4 Å². The smallest absolute Gasteiger partial charge is 0.143 e. The van der Waals surface area contributed by atoms with E-state index in [-0.39, 0.29) is 0 Å². The summed E-state index contributed by atoms with van der Waals surface area (Å²) in [5.41, 5.74) is 9.86. The molecule has 50 heavy (non-hydrogen) atoms. The Hall–Kier alpha value is -6.64. The molecule has 0 fully saturated rings. The van der Waals surface area contributed by atoms with Gasteiger partial charge in [0.1, 0.15) is 11.2 Å². The molecule has 1 heterocycles. The molecule has 1 aromatic heterocycles. The molecular weight excluding hydrogens is 607 g/mol. The lowest BCUT2D eigenvalue weighted by atomic mass is 9.97. The molecule has 0 aliphatic carbocycles. The van der Waals surface area contributed by atoms with Crippen LogP contribution in [0.1, 0.15) is 0 Å². The van der Waals surface area contributed by atoms with Gasteiger partial charge in [-0.15, -0.1) is 0 Å².